The quantitative estimate of drug-likeness (QED) is 0.658. The van der Waals surface area contributed by atoms with Crippen molar-refractivity contribution in [2.75, 3.05) is 0 Å². The van der Waals surface area contributed by atoms with Crippen molar-refractivity contribution < 1.29 is 8.94 Å². The monoisotopic (exact) mass is 216 g/mol. The molecule has 1 radical (unpaired) electrons. The fraction of sp³-hybridized carbons (Fsp3) is 0. The van der Waals surface area contributed by atoms with Crippen LogP contribution in [0.25, 0.3) is 22.0 Å². The van der Waals surface area contributed by atoms with E-state index in [9.17, 15) is 0 Å². The predicted octanol–water partition coefficient (Wildman–Crippen LogP) is 3.46. The molecule has 0 fully saturated rings. The molecule has 3 aromatic rings. The minimum atomic E-state index is 0.708. The Morgan fingerprint density at radius 1 is 1.27 bits per heavy atom. The van der Waals surface area contributed by atoms with Gasteiger partial charge in [0, 0.05) is 0 Å². The van der Waals surface area contributed by atoms with E-state index in [4.69, 9.17) is 8.94 Å². The predicted molar refractivity (Wildman–Crippen MR) is 56.4 cm³/mol. The molecule has 3 nitrogen and oxygen atoms in total. The Hall–Kier alpha value is -1.81. The number of furan rings is 1. The Morgan fingerprint density at radius 2 is 2.27 bits per heavy atom. The maximum absolute atomic E-state index is 5.29. The summed E-state index contributed by atoms with van der Waals surface area (Å²) in [5.74, 6) is 1.43. The van der Waals surface area contributed by atoms with Gasteiger partial charge >= 0.3 is 0 Å². The van der Waals surface area contributed by atoms with Gasteiger partial charge in [0.1, 0.15) is 12.0 Å². The highest BCUT2D eigenvalue weighted by molar-refractivity contribution is 7.13. The van der Waals surface area contributed by atoms with Crippen molar-refractivity contribution in [2.45, 2.75) is 0 Å². The summed E-state index contributed by atoms with van der Waals surface area (Å²) in [5.41, 5.74) is 0.766. The summed E-state index contributed by atoms with van der Waals surface area (Å²) in [6, 6.07) is 7.63. The standard InChI is InChI=1S/C11H6NO2S/c1-3-9(13-5-1)8-7-12-14-11(8)10-4-2-6-15-10/h1-6H. The van der Waals surface area contributed by atoms with E-state index >= 15 is 0 Å². The zero-order chi connectivity index (χ0) is 10.1. The molecular weight excluding hydrogens is 210 g/mol. The van der Waals surface area contributed by atoms with E-state index in [1.54, 1.807) is 17.6 Å². The maximum Gasteiger partial charge on any atom is 0.188 e. The highest BCUT2D eigenvalue weighted by Gasteiger charge is 2.15. The molecule has 73 valence electrons. The minimum absolute atomic E-state index is 0.708. The van der Waals surface area contributed by atoms with Crippen LogP contribution in [0.15, 0.2) is 44.8 Å². The number of rotatable bonds is 2. The first kappa shape index (κ1) is 8.49. The Bertz CT molecular complexity index is 488. The van der Waals surface area contributed by atoms with Crippen LogP contribution >= 0.6 is 11.3 Å². The lowest BCUT2D eigenvalue weighted by molar-refractivity contribution is 0.431. The van der Waals surface area contributed by atoms with Crippen molar-refractivity contribution in [3.8, 4) is 22.0 Å². The molecule has 0 aromatic carbocycles. The second-order valence-electron chi connectivity index (χ2n) is 2.95. The third-order valence-corrected chi connectivity index (χ3v) is 2.90. The molecule has 0 aliphatic heterocycles. The van der Waals surface area contributed by atoms with Crippen LogP contribution in [0.5, 0.6) is 0 Å². The van der Waals surface area contributed by atoms with Gasteiger partial charge in [0.05, 0.1) is 16.7 Å². The smallest absolute Gasteiger partial charge is 0.188 e. The van der Waals surface area contributed by atoms with Gasteiger partial charge in [-0.15, -0.1) is 11.3 Å². The van der Waals surface area contributed by atoms with E-state index < -0.39 is 0 Å². The lowest BCUT2D eigenvalue weighted by Gasteiger charge is -1.93. The van der Waals surface area contributed by atoms with E-state index in [1.807, 2.05) is 29.6 Å². The summed E-state index contributed by atoms with van der Waals surface area (Å²) < 4.78 is 10.5. The number of nitrogens with zero attached hydrogens (tertiary/aromatic N) is 1. The fourth-order valence-electron chi connectivity index (χ4n) is 1.37. The molecule has 0 aliphatic rings. The van der Waals surface area contributed by atoms with Crippen molar-refractivity contribution in [3.63, 3.8) is 0 Å². The Kier molecular flexibility index (Phi) is 1.93. The fourth-order valence-corrected chi connectivity index (χ4v) is 2.08. The Balaban J connectivity index is 2.15. The maximum atomic E-state index is 5.29. The molecule has 0 amide bonds. The van der Waals surface area contributed by atoms with Crippen LogP contribution in [0.3, 0.4) is 0 Å². The highest BCUT2D eigenvalue weighted by Crippen LogP contribution is 2.34. The molecule has 0 saturated heterocycles. The Labute approximate surface area is 89.9 Å². The number of hydrogen-bond acceptors (Lipinski definition) is 4. The molecule has 0 atom stereocenters. The molecule has 0 saturated carbocycles. The topological polar surface area (TPSA) is 39.2 Å². The van der Waals surface area contributed by atoms with Gasteiger partial charge in [-0.05, 0) is 23.6 Å². The molecule has 3 rings (SSSR count). The minimum Gasteiger partial charge on any atom is -0.464 e. The largest absolute Gasteiger partial charge is 0.464 e. The average Bonchev–Trinajstić information content (AvgIpc) is 3.01. The van der Waals surface area contributed by atoms with Gasteiger partial charge in [-0.25, -0.2) is 0 Å². The first-order valence-corrected chi connectivity index (χ1v) is 5.28. The van der Waals surface area contributed by atoms with Gasteiger partial charge in [-0.1, -0.05) is 11.2 Å². The summed E-state index contributed by atoms with van der Waals surface area (Å²) in [7, 11) is 0. The zero-order valence-electron chi connectivity index (χ0n) is 7.64. The normalized spacial score (nSPS) is 10.7. The van der Waals surface area contributed by atoms with Gasteiger partial charge in [0.2, 0.25) is 0 Å². The third kappa shape index (κ3) is 1.39. The van der Waals surface area contributed by atoms with Gasteiger partial charge < -0.3 is 8.94 Å². The molecule has 0 bridgehead atoms. The lowest BCUT2D eigenvalue weighted by atomic mass is 10.2. The molecule has 3 aromatic heterocycles. The van der Waals surface area contributed by atoms with Crippen LogP contribution in [-0.4, -0.2) is 5.16 Å². The van der Waals surface area contributed by atoms with E-state index in [1.165, 1.54) is 0 Å². The van der Waals surface area contributed by atoms with E-state index in [0.29, 0.717) is 5.76 Å². The molecule has 4 heteroatoms. The average molecular weight is 216 g/mol. The lowest BCUT2D eigenvalue weighted by Crippen LogP contribution is -1.72. The molecule has 0 unspecified atom stereocenters. The molecule has 0 spiro atoms. The van der Waals surface area contributed by atoms with Crippen LogP contribution in [0.1, 0.15) is 0 Å². The number of hydrogen-bond donors (Lipinski definition) is 0. The van der Waals surface area contributed by atoms with Crippen molar-refractivity contribution in [2.24, 2.45) is 0 Å². The van der Waals surface area contributed by atoms with Gasteiger partial charge in [-0.3, -0.25) is 0 Å². The third-order valence-electron chi connectivity index (χ3n) is 2.03. The van der Waals surface area contributed by atoms with E-state index in [2.05, 4.69) is 11.4 Å². The first-order chi connectivity index (χ1) is 7.45. The van der Waals surface area contributed by atoms with Crippen LogP contribution in [0.2, 0.25) is 0 Å². The van der Waals surface area contributed by atoms with Crippen molar-refractivity contribution in [3.05, 3.63) is 42.1 Å². The van der Waals surface area contributed by atoms with E-state index in [-0.39, 0.29) is 0 Å². The van der Waals surface area contributed by atoms with Crippen molar-refractivity contribution in [1.29, 1.82) is 0 Å². The summed E-state index contributed by atoms with van der Waals surface area (Å²) >= 11 is 1.60. The second-order valence-corrected chi connectivity index (χ2v) is 3.90. The summed E-state index contributed by atoms with van der Waals surface area (Å²) in [4.78, 5) is 1.02. The number of thiophene rings is 1. The van der Waals surface area contributed by atoms with Crippen molar-refractivity contribution in [1.82, 2.24) is 5.16 Å². The van der Waals surface area contributed by atoms with Gasteiger partial charge in [0.25, 0.3) is 0 Å². The zero-order valence-corrected chi connectivity index (χ0v) is 8.45. The first-order valence-electron chi connectivity index (χ1n) is 4.40. The molecule has 0 aliphatic carbocycles. The van der Waals surface area contributed by atoms with Crippen LogP contribution in [-0.2, 0) is 0 Å². The molecule has 3 heterocycles. The molecule has 0 N–H and O–H groups in total. The molecule has 15 heavy (non-hydrogen) atoms. The van der Waals surface area contributed by atoms with Crippen LogP contribution < -0.4 is 0 Å². The van der Waals surface area contributed by atoms with Crippen LogP contribution in [0, 0.1) is 6.20 Å². The summed E-state index contributed by atoms with van der Waals surface area (Å²) in [5, 5.41) is 5.67. The van der Waals surface area contributed by atoms with Gasteiger partial charge in [-0.2, -0.15) is 0 Å². The van der Waals surface area contributed by atoms with Gasteiger partial charge in [0.15, 0.2) is 5.76 Å². The summed E-state index contributed by atoms with van der Waals surface area (Å²) in [6.07, 6.45) is 4.41. The summed E-state index contributed by atoms with van der Waals surface area (Å²) in [6.45, 7) is 0. The van der Waals surface area contributed by atoms with Crippen LogP contribution in [0.4, 0.5) is 0 Å². The van der Waals surface area contributed by atoms with E-state index in [0.717, 1.165) is 16.2 Å². The Morgan fingerprint density at radius 3 is 3.00 bits per heavy atom. The molecular formula is C11H6NO2S. The van der Waals surface area contributed by atoms with Crippen molar-refractivity contribution >= 4 is 11.3 Å². The number of aromatic nitrogens is 1. The highest BCUT2D eigenvalue weighted by atomic mass is 32.1. The second kappa shape index (κ2) is 3.40. The SMILES string of the molecule is [c]1noc(-c2cccs2)c1-c1ccco1.